The first kappa shape index (κ1) is 18.0. The van der Waals surface area contributed by atoms with Crippen molar-refractivity contribution in [1.82, 2.24) is 14.9 Å². The average Bonchev–Trinajstić information content (AvgIpc) is 2.99. The molecule has 0 amide bonds. The summed E-state index contributed by atoms with van der Waals surface area (Å²) in [4.78, 5) is 0. The number of thioether (sulfide) groups is 1. The number of hydrogen-bond donors (Lipinski definition) is 1. The third kappa shape index (κ3) is 4.66. The van der Waals surface area contributed by atoms with Gasteiger partial charge in [0.2, 0.25) is 5.16 Å². The molecule has 7 heteroatoms. The van der Waals surface area contributed by atoms with E-state index >= 15 is 0 Å². The lowest BCUT2D eigenvalue weighted by molar-refractivity contribution is 0.336. The van der Waals surface area contributed by atoms with Crippen LogP contribution in [0.15, 0.2) is 23.4 Å². The molecule has 1 aliphatic rings. The van der Waals surface area contributed by atoms with Gasteiger partial charge in [0.05, 0.1) is 7.11 Å². The van der Waals surface area contributed by atoms with E-state index in [0.29, 0.717) is 10.9 Å². The van der Waals surface area contributed by atoms with Crippen LogP contribution in [0.1, 0.15) is 49.9 Å². The molecule has 0 radical (unpaired) electrons. The SMILES string of the molecule is COc1ccc(CSc2nnc(CCC3CCCCC3)n2N)cc1F. The van der Waals surface area contributed by atoms with Gasteiger partial charge in [0.1, 0.15) is 0 Å². The Hall–Kier alpha value is -1.76. The van der Waals surface area contributed by atoms with Gasteiger partial charge in [-0.1, -0.05) is 49.9 Å². The normalized spacial score (nSPS) is 15.4. The first-order valence-electron chi connectivity index (χ1n) is 8.82. The number of aromatic nitrogens is 3. The smallest absolute Gasteiger partial charge is 0.210 e. The van der Waals surface area contributed by atoms with Gasteiger partial charge in [0, 0.05) is 12.2 Å². The molecule has 3 rings (SSSR count). The van der Waals surface area contributed by atoms with Gasteiger partial charge >= 0.3 is 0 Å². The van der Waals surface area contributed by atoms with Crippen LogP contribution < -0.4 is 10.6 Å². The molecule has 1 saturated carbocycles. The molecule has 1 aromatic heterocycles. The van der Waals surface area contributed by atoms with Crippen molar-refractivity contribution in [3.8, 4) is 5.75 Å². The van der Waals surface area contributed by atoms with Gasteiger partial charge in [0.15, 0.2) is 17.4 Å². The zero-order chi connectivity index (χ0) is 17.6. The number of rotatable bonds is 7. The number of nitrogens with two attached hydrogens (primary N) is 1. The molecule has 0 spiro atoms. The van der Waals surface area contributed by atoms with E-state index in [-0.39, 0.29) is 11.6 Å². The summed E-state index contributed by atoms with van der Waals surface area (Å²) >= 11 is 1.46. The number of ether oxygens (including phenoxy) is 1. The average molecular weight is 364 g/mol. The van der Waals surface area contributed by atoms with Crippen LogP contribution in [0, 0.1) is 11.7 Å². The molecule has 1 aromatic carbocycles. The molecule has 0 atom stereocenters. The predicted molar refractivity (Wildman–Crippen MR) is 97.6 cm³/mol. The maximum absolute atomic E-state index is 13.7. The Morgan fingerprint density at radius 1 is 1.28 bits per heavy atom. The summed E-state index contributed by atoms with van der Waals surface area (Å²) in [6.45, 7) is 0. The number of nitrogens with zero attached hydrogens (tertiary/aromatic N) is 3. The highest BCUT2D eigenvalue weighted by molar-refractivity contribution is 7.98. The molecule has 0 saturated heterocycles. The molecular formula is C18H25FN4OS. The van der Waals surface area contributed by atoms with Crippen molar-refractivity contribution in [3.63, 3.8) is 0 Å². The van der Waals surface area contributed by atoms with Gasteiger partial charge in [-0.2, -0.15) is 0 Å². The Labute approximate surface area is 152 Å². The molecular weight excluding hydrogens is 339 g/mol. The number of aryl methyl sites for hydroxylation is 1. The van der Waals surface area contributed by atoms with Crippen molar-refractivity contribution in [2.45, 2.75) is 55.9 Å². The van der Waals surface area contributed by atoms with Crippen molar-refractivity contribution in [2.75, 3.05) is 13.0 Å². The third-order valence-electron chi connectivity index (χ3n) is 4.82. The molecule has 5 nitrogen and oxygen atoms in total. The van der Waals surface area contributed by atoms with Crippen LogP contribution in [0.3, 0.4) is 0 Å². The van der Waals surface area contributed by atoms with Crippen molar-refractivity contribution in [1.29, 1.82) is 0 Å². The van der Waals surface area contributed by atoms with Crippen molar-refractivity contribution < 1.29 is 9.13 Å². The lowest BCUT2D eigenvalue weighted by Gasteiger charge is -2.20. The first-order chi connectivity index (χ1) is 12.2. The van der Waals surface area contributed by atoms with Gasteiger partial charge in [-0.25, -0.2) is 9.07 Å². The highest BCUT2D eigenvalue weighted by Gasteiger charge is 2.16. The summed E-state index contributed by atoms with van der Waals surface area (Å²) < 4.78 is 20.3. The fourth-order valence-electron chi connectivity index (χ4n) is 3.33. The number of hydrogen-bond acceptors (Lipinski definition) is 5. The monoisotopic (exact) mass is 364 g/mol. The Kier molecular flexibility index (Phi) is 6.18. The summed E-state index contributed by atoms with van der Waals surface area (Å²) in [5.41, 5.74) is 0.857. The van der Waals surface area contributed by atoms with Gasteiger partial charge in [-0.05, 0) is 30.0 Å². The fourth-order valence-corrected chi connectivity index (χ4v) is 4.15. The second-order valence-corrected chi connectivity index (χ2v) is 7.51. The van der Waals surface area contributed by atoms with E-state index in [1.807, 2.05) is 6.07 Å². The lowest BCUT2D eigenvalue weighted by Crippen LogP contribution is -2.16. The van der Waals surface area contributed by atoms with Crippen LogP contribution in [-0.2, 0) is 12.2 Å². The minimum Gasteiger partial charge on any atom is -0.494 e. The van der Waals surface area contributed by atoms with Crippen LogP contribution in [0.5, 0.6) is 5.75 Å². The van der Waals surface area contributed by atoms with Crippen LogP contribution in [0.25, 0.3) is 0 Å². The summed E-state index contributed by atoms with van der Waals surface area (Å²) in [6.07, 6.45) is 8.71. The molecule has 0 bridgehead atoms. The highest BCUT2D eigenvalue weighted by atomic mass is 32.2. The maximum atomic E-state index is 13.7. The minimum atomic E-state index is -0.358. The van der Waals surface area contributed by atoms with Crippen molar-refractivity contribution in [2.24, 2.45) is 5.92 Å². The van der Waals surface area contributed by atoms with Crippen molar-refractivity contribution >= 4 is 11.8 Å². The first-order valence-corrected chi connectivity index (χ1v) is 9.80. The molecule has 1 fully saturated rings. The van der Waals surface area contributed by atoms with E-state index in [1.165, 1.54) is 57.0 Å². The van der Waals surface area contributed by atoms with E-state index in [1.54, 1.807) is 10.7 Å². The lowest BCUT2D eigenvalue weighted by atomic mass is 9.86. The molecule has 2 N–H and O–H groups in total. The number of halogens is 1. The van der Waals surface area contributed by atoms with E-state index in [4.69, 9.17) is 10.6 Å². The maximum Gasteiger partial charge on any atom is 0.210 e. The Bertz CT molecular complexity index is 700. The van der Waals surface area contributed by atoms with E-state index in [9.17, 15) is 4.39 Å². The van der Waals surface area contributed by atoms with Crippen molar-refractivity contribution in [3.05, 3.63) is 35.4 Å². The van der Waals surface area contributed by atoms with E-state index in [2.05, 4.69) is 10.2 Å². The third-order valence-corrected chi connectivity index (χ3v) is 5.83. The predicted octanol–water partition coefficient (Wildman–Crippen LogP) is 3.94. The minimum absolute atomic E-state index is 0.251. The Balaban J connectivity index is 1.54. The molecule has 0 unspecified atom stereocenters. The van der Waals surface area contributed by atoms with Gasteiger partial charge in [-0.15, -0.1) is 10.2 Å². The number of methoxy groups -OCH3 is 1. The molecule has 0 aliphatic heterocycles. The van der Waals surface area contributed by atoms with Crippen LogP contribution >= 0.6 is 11.8 Å². The summed E-state index contributed by atoms with van der Waals surface area (Å²) in [6, 6.07) is 4.96. The van der Waals surface area contributed by atoms with Crippen LogP contribution in [-0.4, -0.2) is 22.0 Å². The van der Waals surface area contributed by atoms with Gasteiger partial charge in [0.25, 0.3) is 0 Å². The highest BCUT2D eigenvalue weighted by Crippen LogP contribution is 2.28. The molecule has 2 aromatic rings. The van der Waals surface area contributed by atoms with E-state index < -0.39 is 0 Å². The van der Waals surface area contributed by atoms with E-state index in [0.717, 1.165) is 30.1 Å². The second-order valence-electron chi connectivity index (χ2n) is 6.57. The Morgan fingerprint density at radius 3 is 2.80 bits per heavy atom. The summed E-state index contributed by atoms with van der Waals surface area (Å²) in [7, 11) is 1.46. The number of nitrogen functional groups attached to an aromatic ring is 1. The summed E-state index contributed by atoms with van der Waals surface area (Å²) in [5, 5.41) is 9.08. The largest absolute Gasteiger partial charge is 0.494 e. The zero-order valence-electron chi connectivity index (χ0n) is 14.6. The van der Waals surface area contributed by atoms with Crippen LogP contribution in [0.4, 0.5) is 4.39 Å². The number of benzene rings is 1. The topological polar surface area (TPSA) is 66.0 Å². The molecule has 1 heterocycles. The van der Waals surface area contributed by atoms with Gasteiger partial charge < -0.3 is 10.6 Å². The molecule has 136 valence electrons. The summed E-state index contributed by atoms with van der Waals surface area (Å²) in [5.74, 6) is 8.23. The molecule has 1 aliphatic carbocycles. The second kappa shape index (κ2) is 8.56. The van der Waals surface area contributed by atoms with Crippen LogP contribution in [0.2, 0.25) is 0 Å². The fraction of sp³-hybridized carbons (Fsp3) is 0.556. The Morgan fingerprint density at radius 2 is 2.08 bits per heavy atom. The van der Waals surface area contributed by atoms with Gasteiger partial charge in [-0.3, -0.25) is 0 Å². The quantitative estimate of drug-likeness (QED) is 0.595. The standard InChI is InChI=1S/C18H25FN4OS/c1-24-16-9-7-14(11-15(16)19)12-25-18-22-21-17(23(18)20)10-8-13-5-3-2-4-6-13/h7,9,11,13H,2-6,8,10,12,20H2,1H3. The zero-order valence-corrected chi connectivity index (χ0v) is 15.4. The molecule has 25 heavy (non-hydrogen) atoms.